The Labute approximate surface area is 165 Å². The highest BCUT2D eigenvalue weighted by atomic mass is 32.1. The molecular weight excluding hydrogens is 360 g/mol. The molecule has 0 fully saturated rings. The highest BCUT2D eigenvalue weighted by Gasteiger charge is 2.21. The third-order valence-electron chi connectivity index (χ3n) is 4.16. The minimum atomic E-state index is -0.110. The Morgan fingerprint density at radius 1 is 1.11 bits per heavy atom. The molecule has 0 spiro atoms. The maximum atomic E-state index is 12.1. The SMILES string of the molecule is CN=C(NCCNC(=O)c1ccc(OC)cc1)NCC(C)(C)c1cccs1. The summed E-state index contributed by atoms with van der Waals surface area (Å²) < 4.78 is 5.10. The van der Waals surface area contributed by atoms with Crippen LogP contribution in [0.3, 0.4) is 0 Å². The number of nitrogens with zero attached hydrogens (tertiary/aromatic N) is 1. The number of methoxy groups -OCH3 is 1. The molecule has 6 nitrogen and oxygen atoms in total. The molecule has 2 aromatic rings. The third kappa shape index (κ3) is 6.29. The number of benzene rings is 1. The first kappa shape index (κ1) is 20.8. The lowest BCUT2D eigenvalue weighted by atomic mass is 9.91. The molecule has 0 saturated carbocycles. The molecule has 0 saturated heterocycles. The predicted octanol–water partition coefficient (Wildman–Crippen LogP) is 2.63. The van der Waals surface area contributed by atoms with Crippen LogP contribution >= 0.6 is 11.3 Å². The van der Waals surface area contributed by atoms with Gasteiger partial charge in [-0.2, -0.15) is 0 Å². The Bertz CT molecular complexity index is 740. The number of aliphatic imine (C=N–C) groups is 1. The number of rotatable bonds is 8. The van der Waals surface area contributed by atoms with E-state index in [9.17, 15) is 4.79 Å². The van der Waals surface area contributed by atoms with E-state index in [-0.39, 0.29) is 11.3 Å². The zero-order valence-electron chi connectivity index (χ0n) is 16.3. The molecular formula is C20H28N4O2S. The lowest BCUT2D eigenvalue weighted by Gasteiger charge is -2.25. The first-order valence-corrected chi connectivity index (χ1v) is 9.75. The fourth-order valence-corrected chi connectivity index (χ4v) is 3.33. The number of hydrogen-bond acceptors (Lipinski definition) is 4. The van der Waals surface area contributed by atoms with Crippen molar-refractivity contribution in [2.75, 3.05) is 33.8 Å². The van der Waals surface area contributed by atoms with Crippen molar-refractivity contribution in [1.82, 2.24) is 16.0 Å². The quantitative estimate of drug-likeness (QED) is 0.369. The fraction of sp³-hybridized carbons (Fsp3) is 0.400. The average molecular weight is 389 g/mol. The molecule has 0 bridgehead atoms. The monoisotopic (exact) mass is 388 g/mol. The first-order chi connectivity index (χ1) is 13.0. The van der Waals surface area contributed by atoms with E-state index in [1.165, 1.54) is 4.88 Å². The number of nitrogens with one attached hydrogen (secondary N) is 3. The van der Waals surface area contributed by atoms with Crippen LogP contribution in [0.2, 0.25) is 0 Å². The van der Waals surface area contributed by atoms with E-state index in [0.29, 0.717) is 18.7 Å². The van der Waals surface area contributed by atoms with Crippen LogP contribution in [0.25, 0.3) is 0 Å². The molecule has 146 valence electrons. The highest BCUT2D eigenvalue weighted by Crippen LogP contribution is 2.26. The Morgan fingerprint density at radius 2 is 1.81 bits per heavy atom. The topological polar surface area (TPSA) is 74.8 Å². The molecule has 7 heteroatoms. The summed E-state index contributed by atoms with van der Waals surface area (Å²) in [6, 6.07) is 11.3. The number of ether oxygens (including phenoxy) is 1. The normalized spacial score (nSPS) is 11.8. The van der Waals surface area contributed by atoms with Gasteiger partial charge in [-0.25, -0.2) is 0 Å². The number of amides is 1. The van der Waals surface area contributed by atoms with E-state index in [4.69, 9.17) is 4.74 Å². The largest absolute Gasteiger partial charge is 0.497 e. The summed E-state index contributed by atoms with van der Waals surface area (Å²) in [7, 11) is 3.34. The molecule has 0 aliphatic rings. The van der Waals surface area contributed by atoms with Gasteiger partial charge in [0, 0.05) is 42.5 Å². The van der Waals surface area contributed by atoms with Gasteiger partial charge in [-0.1, -0.05) is 19.9 Å². The maximum Gasteiger partial charge on any atom is 0.251 e. The van der Waals surface area contributed by atoms with E-state index >= 15 is 0 Å². The minimum absolute atomic E-state index is 0.0222. The first-order valence-electron chi connectivity index (χ1n) is 8.87. The van der Waals surface area contributed by atoms with Gasteiger partial charge in [-0.05, 0) is 35.7 Å². The number of guanidine groups is 1. The van der Waals surface area contributed by atoms with Crippen molar-refractivity contribution in [1.29, 1.82) is 0 Å². The van der Waals surface area contributed by atoms with Gasteiger partial charge < -0.3 is 20.7 Å². The summed E-state index contributed by atoms with van der Waals surface area (Å²) in [5.74, 6) is 1.34. The van der Waals surface area contributed by atoms with Gasteiger partial charge in [0.2, 0.25) is 0 Å². The molecule has 0 aliphatic heterocycles. The van der Waals surface area contributed by atoms with Crippen LogP contribution in [0.4, 0.5) is 0 Å². The Morgan fingerprint density at radius 3 is 2.41 bits per heavy atom. The third-order valence-corrected chi connectivity index (χ3v) is 5.40. The number of thiophene rings is 1. The van der Waals surface area contributed by atoms with Crippen LogP contribution in [0.5, 0.6) is 5.75 Å². The molecule has 2 rings (SSSR count). The van der Waals surface area contributed by atoms with Gasteiger partial charge in [-0.3, -0.25) is 9.79 Å². The fourth-order valence-electron chi connectivity index (χ4n) is 2.48. The van der Waals surface area contributed by atoms with Crippen LogP contribution < -0.4 is 20.7 Å². The zero-order valence-corrected chi connectivity index (χ0v) is 17.2. The molecule has 0 unspecified atom stereocenters. The lowest BCUT2D eigenvalue weighted by molar-refractivity contribution is 0.0954. The van der Waals surface area contributed by atoms with E-state index < -0.39 is 0 Å². The molecule has 1 aromatic heterocycles. The Hall–Kier alpha value is -2.54. The van der Waals surface area contributed by atoms with Crippen molar-refractivity contribution in [2.45, 2.75) is 19.3 Å². The van der Waals surface area contributed by atoms with Gasteiger partial charge in [-0.15, -0.1) is 11.3 Å². The Balaban J connectivity index is 1.72. The minimum Gasteiger partial charge on any atom is -0.497 e. The second kappa shape index (κ2) is 9.97. The van der Waals surface area contributed by atoms with E-state index in [1.807, 2.05) is 0 Å². The molecule has 0 radical (unpaired) electrons. The van der Waals surface area contributed by atoms with Gasteiger partial charge in [0.05, 0.1) is 7.11 Å². The predicted molar refractivity (Wildman–Crippen MR) is 112 cm³/mol. The van der Waals surface area contributed by atoms with Crippen LogP contribution in [0.1, 0.15) is 29.1 Å². The van der Waals surface area contributed by atoms with Crippen LogP contribution in [-0.2, 0) is 5.41 Å². The summed E-state index contributed by atoms with van der Waals surface area (Å²) in [6.07, 6.45) is 0. The van der Waals surface area contributed by atoms with Crippen molar-refractivity contribution in [2.24, 2.45) is 4.99 Å². The highest BCUT2D eigenvalue weighted by molar-refractivity contribution is 7.10. The number of hydrogen-bond donors (Lipinski definition) is 3. The molecule has 1 heterocycles. The van der Waals surface area contributed by atoms with Gasteiger partial charge in [0.15, 0.2) is 5.96 Å². The molecule has 27 heavy (non-hydrogen) atoms. The van der Waals surface area contributed by atoms with Crippen LogP contribution in [0.15, 0.2) is 46.8 Å². The smallest absolute Gasteiger partial charge is 0.251 e. The summed E-state index contributed by atoms with van der Waals surface area (Å²) in [5.41, 5.74) is 0.630. The average Bonchev–Trinajstić information content (AvgIpc) is 3.23. The van der Waals surface area contributed by atoms with Gasteiger partial charge >= 0.3 is 0 Å². The van der Waals surface area contributed by atoms with Crippen molar-refractivity contribution >= 4 is 23.2 Å². The van der Waals surface area contributed by atoms with E-state index in [0.717, 1.165) is 18.3 Å². The second-order valence-electron chi connectivity index (χ2n) is 6.70. The number of carbonyl (C=O) groups excluding carboxylic acids is 1. The molecule has 3 N–H and O–H groups in total. The van der Waals surface area contributed by atoms with Crippen molar-refractivity contribution in [3.63, 3.8) is 0 Å². The summed E-state index contributed by atoms with van der Waals surface area (Å²) in [6.45, 7) is 6.26. The van der Waals surface area contributed by atoms with E-state index in [1.54, 1.807) is 49.8 Å². The van der Waals surface area contributed by atoms with Crippen LogP contribution in [0, 0.1) is 0 Å². The molecule has 0 aliphatic carbocycles. The van der Waals surface area contributed by atoms with Crippen molar-refractivity contribution in [3.05, 3.63) is 52.2 Å². The lowest BCUT2D eigenvalue weighted by Crippen LogP contribution is -2.45. The maximum absolute atomic E-state index is 12.1. The second-order valence-corrected chi connectivity index (χ2v) is 7.65. The molecule has 1 aromatic carbocycles. The summed E-state index contributed by atoms with van der Waals surface area (Å²) in [4.78, 5) is 17.7. The van der Waals surface area contributed by atoms with Crippen LogP contribution in [-0.4, -0.2) is 45.7 Å². The van der Waals surface area contributed by atoms with Gasteiger partial charge in [0.1, 0.15) is 5.75 Å². The van der Waals surface area contributed by atoms with Gasteiger partial charge in [0.25, 0.3) is 5.91 Å². The summed E-state index contributed by atoms with van der Waals surface area (Å²) in [5, 5.41) is 11.5. The summed E-state index contributed by atoms with van der Waals surface area (Å²) >= 11 is 1.76. The Kier molecular flexibility index (Phi) is 7.67. The van der Waals surface area contributed by atoms with Crippen molar-refractivity contribution < 1.29 is 9.53 Å². The molecule has 0 atom stereocenters. The van der Waals surface area contributed by atoms with Crippen molar-refractivity contribution in [3.8, 4) is 5.75 Å². The standard InChI is InChI=1S/C20H28N4O2S/c1-20(2,17-6-5-13-27-17)14-24-19(21-3)23-12-11-22-18(25)15-7-9-16(26-4)10-8-15/h5-10,13H,11-12,14H2,1-4H3,(H,22,25)(H2,21,23,24). The number of carbonyl (C=O) groups is 1. The molecule has 1 amide bonds. The zero-order chi connectivity index (χ0) is 19.7. The van der Waals surface area contributed by atoms with E-state index in [2.05, 4.69) is 52.3 Å².